The lowest BCUT2D eigenvalue weighted by atomic mass is 10.2. The third-order valence-corrected chi connectivity index (χ3v) is 2.09. The van der Waals surface area contributed by atoms with Gasteiger partial charge in [-0.25, -0.2) is 0 Å². The van der Waals surface area contributed by atoms with Crippen molar-refractivity contribution in [2.75, 3.05) is 20.7 Å². The van der Waals surface area contributed by atoms with Crippen molar-refractivity contribution in [3.8, 4) is 5.75 Å². The summed E-state index contributed by atoms with van der Waals surface area (Å²) in [5.74, 6) is 0.732. The quantitative estimate of drug-likeness (QED) is 0.703. The van der Waals surface area contributed by atoms with Crippen LogP contribution in [-0.2, 0) is 0 Å². The van der Waals surface area contributed by atoms with Gasteiger partial charge in [0.15, 0.2) is 0 Å². The van der Waals surface area contributed by atoms with Gasteiger partial charge in [-0.2, -0.15) is 0 Å². The SMILES string of the molecule is C=CCN(C)C(=O)c1ccc(OC)cc1. The summed E-state index contributed by atoms with van der Waals surface area (Å²) in [6, 6.07) is 7.05. The van der Waals surface area contributed by atoms with Gasteiger partial charge in [-0.05, 0) is 24.3 Å². The number of ether oxygens (including phenoxy) is 1. The second-order valence-corrected chi connectivity index (χ2v) is 3.20. The van der Waals surface area contributed by atoms with Crippen LogP contribution in [0, 0.1) is 0 Å². The maximum absolute atomic E-state index is 11.8. The summed E-state index contributed by atoms with van der Waals surface area (Å²) in [5.41, 5.74) is 0.653. The summed E-state index contributed by atoms with van der Waals surface area (Å²) >= 11 is 0. The first-order valence-corrected chi connectivity index (χ1v) is 4.69. The third-order valence-electron chi connectivity index (χ3n) is 2.09. The van der Waals surface area contributed by atoms with Gasteiger partial charge in [0.25, 0.3) is 5.91 Å². The molecule has 80 valence electrons. The van der Waals surface area contributed by atoms with Crippen molar-refractivity contribution < 1.29 is 9.53 Å². The van der Waals surface area contributed by atoms with Crippen LogP contribution in [0.2, 0.25) is 0 Å². The molecule has 0 heterocycles. The maximum atomic E-state index is 11.8. The molecule has 0 atom stereocenters. The number of likely N-dealkylation sites (N-methyl/N-ethyl adjacent to an activating group) is 1. The number of hydrogen-bond acceptors (Lipinski definition) is 2. The molecule has 1 aromatic carbocycles. The summed E-state index contributed by atoms with van der Waals surface area (Å²) in [6.07, 6.45) is 1.70. The van der Waals surface area contributed by atoms with Crippen LogP contribution in [0.4, 0.5) is 0 Å². The van der Waals surface area contributed by atoms with Crippen LogP contribution in [0.15, 0.2) is 36.9 Å². The van der Waals surface area contributed by atoms with Gasteiger partial charge in [-0.15, -0.1) is 6.58 Å². The Balaban J connectivity index is 2.77. The van der Waals surface area contributed by atoms with Gasteiger partial charge in [0.05, 0.1) is 7.11 Å². The van der Waals surface area contributed by atoms with E-state index in [9.17, 15) is 4.79 Å². The van der Waals surface area contributed by atoms with Crippen LogP contribution in [0.5, 0.6) is 5.75 Å². The van der Waals surface area contributed by atoms with E-state index in [-0.39, 0.29) is 5.91 Å². The molecular formula is C12H15NO2. The van der Waals surface area contributed by atoms with E-state index in [1.54, 1.807) is 49.4 Å². The highest BCUT2D eigenvalue weighted by Gasteiger charge is 2.09. The summed E-state index contributed by atoms with van der Waals surface area (Å²) in [6.45, 7) is 4.14. The summed E-state index contributed by atoms with van der Waals surface area (Å²) < 4.78 is 5.02. The highest BCUT2D eigenvalue weighted by molar-refractivity contribution is 5.94. The number of rotatable bonds is 4. The van der Waals surface area contributed by atoms with Crippen molar-refractivity contribution in [3.63, 3.8) is 0 Å². The first-order valence-electron chi connectivity index (χ1n) is 4.69. The average molecular weight is 205 g/mol. The van der Waals surface area contributed by atoms with E-state index in [1.165, 1.54) is 0 Å². The molecule has 0 bridgehead atoms. The normalized spacial score (nSPS) is 9.47. The molecule has 1 aromatic rings. The lowest BCUT2D eigenvalue weighted by Crippen LogP contribution is -2.26. The van der Waals surface area contributed by atoms with Gasteiger partial charge in [0.2, 0.25) is 0 Å². The number of methoxy groups -OCH3 is 1. The van der Waals surface area contributed by atoms with Crippen LogP contribution in [0.25, 0.3) is 0 Å². The molecule has 0 fully saturated rings. The predicted octanol–water partition coefficient (Wildman–Crippen LogP) is 1.95. The molecule has 0 aliphatic heterocycles. The van der Waals surface area contributed by atoms with E-state index in [4.69, 9.17) is 4.74 Å². The van der Waals surface area contributed by atoms with Crippen molar-refractivity contribution in [1.29, 1.82) is 0 Å². The zero-order valence-corrected chi connectivity index (χ0v) is 9.06. The fourth-order valence-electron chi connectivity index (χ4n) is 1.23. The molecule has 3 nitrogen and oxygen atoms in total. The molecule has 0 aromatic heterocycles. The Morgan fingerprint density at radius 1 is 1.47 bits per heavy atom. The number of carbonyl (C=O) groups is 1. The highest BCUT2D eigenvalue weighted by Crippen LogP contribution is 2.12. The first-order chi connectivity index (χ1) is 7.19. The third kappa shape index (κ3) is 2.84. The molecule has 0 aliphatic rings. The molecule has 0 saturated heterocycles. The summed E-state index contributed by atoms with van der Waals surface area (Å²) in [7, 11) is 3.34. The minimum atomic E-state index is -0.0162. The fraction of sp³-hybridized carbons (Fsp3) is 0.250. The molecule has 15 heavy (non-hydrogen) atoms. The van der Waals surface area contributed by atoms with E-state index >= 15 is 0 Å². The van der Waals surface area contributed by atoms with Crippen LogP contribution >= 0.6 is 0 Å². The molecule has 0 saturated carbocycles. The lowest BCUT2D eigenvalue weighted by molar-refractivity contribution is 0.0810. The highest BCUT2D eigenvalue weighted by atomic mass is 16.5. The van der Waals surface area contributed by atoms with Crippen molar-refractivity contribution in [1.82, 2.24) is 4.90 Å². The number of hydrogen-bond donors (Lipinski definition) is 0. The molecule has 0 radical (unpaired) electrons. The Bertz CT molecular complexity index is 343. The zero-order valence-electron chi connectivity index (χ0n) is 9.06. The Labute approximate surface area is 90.0 Å². The van der Waals surface area contributed by atoms with Gasteiger partial charge in [-0.1, -0.05) is 6.08 Å². The fourth-order valence-corrected chi connectivity index (χ4v) is 1.23. The van der Waals surface area contributed by atoms with Crippen molar-refractivity contribution in [2.24, 2.45) is 0 Å². The number of nitrogens with zero attached hydrogens (tertiary/aromatic N) is 1. The van der Waals surface area contributed by atoms with Gasteiger partial charge < -0.3 is 9.64 Å². The van der Waals surface area contributed by atoms with Crippen LogP contribution in [-0.4, -0.2) is 31.5 Å². The lowest BCUT2D eigenvalue weighted by Gasteiger charge is -2.14. The summed E-state index contributed by atoms with van der Waals surface area (Å²) in [4.78, 5) is 13.4. The molecule has 0 aliphatic carbocycles. The second kappa shape index (κ2) is 5.20. The van der Waals surface area contributed by atoms with Gasteiger partial charge in [-0.3, -0.25) is 4.79 Å². The number of benzene rings is 1. The minimum absolute atomic E-state index is 0.0162. The Morgan fingerprint density at radius 2 is 2.07 bits per heavy atom. The first kappa shape index (κ1) is 11.3. The molecule has 1 rings (SSSR count). The largest absolute Gasteiger partial charge is 0.497 e. The number of amides is 1. The van der Waals surface area contributed by atoms with E-state index in [2.05, 4.69) is 6.58 Å². The van der Waals surface area contributed by atoms with Crippen molar-refractivity contribution in [2.45, 2.75) is 0 Å². The van der Waals surface area contributed by atoms with E-state index in [0.29, 0.717) is 12.1 Å². The standard InChI is InChI=1S/C12H15NO2/c1-4-9-13(2)12(14)10-5-7-11(15-3)8-6-10/h4-8H,1,9H2,2-3H3. The van der Waals surface area contributed by atoms with Gasteiger partial charge >= 0.3 is 0 Å². The molecule has 3 heteroatoms. The zero-order chi connectivity index (χ0) is 11.3. The van der Waals surface area contributed by atoms with Gasteiger partial charge in [0.1, 0.15) is 5.75 Å². The molecular weight excluding hydrogens is 190 g/mol. The predicted molar refractivity (Wildman–Crippen MR) is 60.2 cm³/mol. The Kier molecular flexibility index (Phi) is 3.92. The molecule has 0 unspecified atom stereocenters. The van der Waals surface area contributed by atoms with E-state index < -0.39 is 0 Å². The number of carbonyl (C=O) groups excluding carboxylic acids is 1. The monoisotopic (exact) mass is 205 g/mol. The van der Waals surface area contributed by atoms with Crippen LogP contribution in [0.1, 0.15) is 10.4 Å². The van der Waals surface area contributed by atoms with Crippen molar-refractivity contribution in [3.05, 3.63) is 42.5 Å². The smallest absolute Gasteiger partial charge is 0.253 e. The summed E-state index contributed by atoms with van der Waals surface area (Å²) in [5, 5.41) is 0. The van der Waals surface area contributed by atoms with E-state index in [1.807, 2.05) is 0 Å². The molecule has 0 N–H and O–H groups in total. The van der Waals surface area contributed by atoms with Crippen LogP contribution < -0.4 is 4.74 Å². The van der Waals surface area contributed by atoms with Crippen molar-refractivity contribution >= 4 is 5.91 Å². The van der Waals surface area contributed by atoms with Gasteiger partial charge in [0, 0.05) is 19.2 Å². The Morgan fingerprint density at radius 3 is 2.53 bits per heavy atom. The maximum Gasteiger partial charge on any atom is 0.253 e. The van der Waals surface area contributed by atoms with Crippen LogP contribution in [0.3, 0.4) is 0 Å². The Hall–Kier alpha value is -1.77. The second-order valence-electron chi connectivity index (χ2n) is 3.20. The molecule has 0 spiro atoms. The minimum Gasteiger partial charge on any atom is -0.497 e. The van der Waals surface area contributed by atoms with E-state index in [0.717, 1.165) is 5.75 Å². The topological polar surface area (TPSA) is 29.5 Å². The average Bonchev–Trinajstić information content (AvgIpc) is 2.28. The molecule has 1 amide bonds.